The van der Waals surface area contributed by atoms with E-state index in [1.54, 1.807) is 18.3 Å². The maximum Gasteiger partial charge on any atom is 0.253 e. The highest BCUT2D eigenvalue weighted by Crippen LogP contribution is 2.32. The summed E-state index contributed by atoms with van der Waals surface area (Å²) in [7, 11) is 0. The summed E-state index contributed by atoms with van der Waals surface area (Å²) in [6, 6.07) is 13.3. The Kier molecular flexibility index (Phi) is 4.61. The fourth-order valence-corrected chi connectivity index (χ4v) is 3.46. The normalized spacial score (nSPS) is 16.4. The molecule has 0 radical (unpaired) electrons. The van der Waals surface area contributed by atoms with Crippen LogP contribution in [0.1, 0.15) is 23.5 Å². The fraction of sp³-hybridized carbons (Fsp3) is 0.136. The van der Waals surface area contributed by atoms with Crippen LogP contribution in [0.4, 0.5) is 10.1 Å². The molecule has 1 aliphatic heterocycles. The molecule has 2 amide bonds. The molecule has 0 saturated heterocycles. The fourth-order valence-electron chi connectivity index (χ4n) is 3.46. The smallest absolute Gasteiger partial charge is 0.253 e. The van der Waals surface area contributed by atoms with Crippen LogP contribution in [0.15, 0.2) is 66.5 Å². The number of hydrogen-bond acceptors (Lipinski definition) is 3. The Balaban J connectivity index is 1.65. The second-order valence-electron chi connectivity index (χ2n) is 6.74. The van der Waals surface area contributed by atoms with Crippen molar-refractivity contribution in [3.05, 3.63) is 83.4 Å². The first kappa shape index (κ1) is 17.9. The number of nitrogens with zero attached hydrogens (tertiary/aromatic N) is 1. The molecule has 2 heterocycles. The first-order valence-corrected chi connectivity index (χ1v) is 8.93. The topological polar surface area (TPSA) is 71.1 Å². The Morgan fingerprint density at radius 2 is 1.96 bits per heavy atom. The SMILES string of the molecule is Cc1c(NC(=O)C2=CNC(=O)CC2c2ccc(F)cc2)ccc2ncccc12. The number of rotatable bonds is 3. The number of aromatic nitrogens is 1. The minimum Gasteiger partial charge on any atom is -0.332 e. The van der Waals surface area contributed by atoms with Crippen LogP contribution in [-0.4, -0.2) is 16.8 Å². The zero-order valence-electron chi connectivity index (χ0n) is 15.2. The minimum absolute atomic E-state index is 0.130. The maximum absolute atomic E-state index is 13.3. The van der Waals surface area contributed by atoms with Crippen LogP contribution < -0.4 is 10.6 Å². The van der Waals surface area contributed by atoms with Gasteiger partial charge in [-0.1, -0.05) is 18.2 Å². The van der Waals surface area contributed by atoms with Gasteiger partial charge in [0.15, 0.2) is 0 Å². The van der Waals surface area contributed by atoms with Gasteiger partial charge in [-0.3, -0.25) is 14.6 Å². The van der Waals surface area contributed by atoms with Crippen LogP contribution in [0.3, 0.4) is 0 Å². The third-order valence-electron chi connectivity index (χ3n) is 4.99. The average Bonchev–Trinajstić information content (AvgIpc) is 2.71. The quantitative estimate of drug-likeness (QED) is 0.731. The van der Waals surface area contributed by atoms with Gasteiger partial charge in [0.1, 0.15) is 5.82 Å². The van der Waals surface area contributed by atoms with Crippen molar-refractivity contribution < 1.29 is 14.0 Å². The number of carbonyl (C=O) groups excluding carboxylic acids is 2. The second kappa shape index (κ2) is 7.23. The van der Waals surface area contributed by atoms with E-state index < -0.39 is 5.92 Å². The molecular formula is C22H18FN3O2. The molecule has 6 heteroatoms. The van der Waals surface area contributed by atoms with Gasteiger partial charge in [0.2, 0.25) is 5.91 Å². The first-order valence-electron chi connectivity index (χ1n) is 8.93. The molecule has 2 N–H and O–H groups in total. The van der Waals surface area contributed by atoms with Gasteiger partial charge in [0.05, 0.1) is 5.52 Å². The van der Waals surface area contributed by atoms with E-state index in [2.05, 4.69) is 15.6 Å². The summed E-state index contributed by atoms with van der Waals surface area (Å²) in [4.78, 5) is 29.2. The summed E-state index contributed by atoms with van der Waals surface area (Å²) in [5, 5.41) is 6.51. The summed E-state index contributed by atoms with van der Waals surface area (Å²) in [6.45, 7) is 1.92. The van der Waals surface area contributed by atoms with E-state index in [1.807, 2.05) is 31.2 Å². The van der Waals surface area contributed by atoms with Crippen molar-refractivity contribution in [3.8, 4) is 0 Å². The van der Waals surface area contributed by atoms with Crippen LogP contribution in [0.2, 0.25) is 0 Å². The van der Waals surface area contributed by atoms with Crippen molar-refractivity contribution in [1.82, 2.24) is 10.3 Å². The number of hydrogen-bond donors (Lipinski definition) is 2. The highest BCUT2D eigenvalue weighted by atomic mass is 19.1. The van der Waals surface area contributed by atoms with E-state index in [1.165, 1.54) is 18.3 Å². The monoisotopic (exact) mass is 375 g/mol. The van der Waals surface area contributed by atoms with Gasteiger partial charge < -0.3 is 10.6 Å². The lowest BCUT2D eigenvalue weighted by Gasteiger charge is -2.24. The molecule has 4 rings (SSSR count). The summed E-state index contributed by atoms with van der Waals surface area (Å²) in [5.74, 6) is -1.28. The Morgan fingerprint density at radius 3 is 2.75 bits per heavy atom. The molecule has 1 unspecified atom stereocenters. The summed E-state index contributed by atoms with van der Waals surface area (Å²) >= 11 is 0. The molecule has 0 fully saturated rings. The molecule has 1 aromatic heterocycles. The third kappa shape index (κ3) is 3.36. The minimum atomic E-state index is -0.434. The molecule has 0 saturated carbocycles. The van der Waals surface area contributed by atoms with Gasteiger partial charge in [-0.25, -0.2) is 4.39 Å². The van der Waals surface area contributed by atoms with Crippen molar-refractivity contribution in [2.75, 3.05) is 5.32 Å². The van der Waals surface area contributed by atoms with Crippen LogP contribution >= 0.6 is 0 Å². The summed E-state index contributed by atoms with van der Waals surface area (Å²) in [6.07, 6.45) is 3.29. The highest BCUT2D eigenvalue weighted by Gasteiger charge is 2.29. The number of nitrogens with one attached hydrogen (secondary N) is 2. The van der Waals surface area contributed by atoms with Crippen LogP contribution in [0.5, 0.6) is 0 Å². The number of aryl methyl sites for hydroxylation is 1. The molecule has 1 atom stereocenters. The third-order valence-corrected chi connectivity index (χ3v) is 4.99. The lowest BCUT2D eigenvalue weighted by Crippen LogP contribution is -2.32. The largest absolute Gasteiger partial charge is 0.332 e. The van der Waals surface area contributed by atoms with Gasteiger partial charge in [-0.05, 0) is 48.4 Å². The standard InChI is InChI=1S/C22H18FN3O2/c1-13-16-3-2-10-24-20(16)9-8-19(13)26-22(28)18-12-25-21(27)11-17(18)14-4-6-15(23)7-5-14/h2-10,12,17H,11H2,1H3,(H,25,27)(H,26,28). The van der Waals surface area contributed by atoms with E-state index in [4.69, 9.17) is 0 Å². The van der Waals surface area contributed by atoms with Crippen molar-refractivity contribution in [2.45, 2.75) is 19.3 Å². The number of anilines is 1. The molecule has 3 aromatic rings. The lowest BCUT2D eigenvalue weighted by atomic mass is 9.86. The molecule has 0 aliphatic carbocycles. The van der Waals surface area contributed by atoms with Gasteiger partial charge in [-0.15, -0.1) is 0 Å². The molecule has 0 spiro atoms. The van der Waals surface area contributed by atoms with E-state index in [9.17, 15) is 14.0 Å². The molecule has 5 nitrogen and oxygen atoms in total. The number of fused-ring (bicyclic) bond motifs is 1. The number of carbonyl (C=O) groups is 2. The van der Waals surface area contributed by atoms with Crippen molar-refractivity contribution in [2.24, 2.45) is 0 Å². The van der Waals surface area contributed by atoms with Gasteiger partial charge >= 0.3 is 0 Å². The predicted molar refractivity (Wildman–Crippen MR) is 105 cm³/mol. The van der Waals surface area contributed by atoms with E-state index in [-0.39, 0.29) is 24.1 Å². The maximum atomic E-state index is 13.3. The van der Waals surface area contributed by atoms with Gasteiger partial charge in [0, 0.05) is 41.4 Å². The van der Waals surface area contributed by atoms with E-state index in [0.717, 1.165) is 22.0 Å². The zero-order chi connectivity index (χ0) is 19.7. The van der Waals surface area contributed by atoms with Crippen molar-refractivity contribution in [1.29, 1.82) is 0 Å². The van der Waals surface area contributed by atoms with Crippen LogP contribution in [-0.2, 0) is 9.59 Å². The average molecular weight is 375 g/mol. The Morgan fingerprint density at radius 1 is 1.18 bits per heavy atom. The molecule has 28 heavy (non-hydrogen) atoms. The highest BCUT2D eigenvalue weighted by molar-refractivity contribution is 6.07. The zero-order valence-corrected chi connectivity index (χ0v) is 15.2. The molecule has 1 aliphatic rings. The predicted octanol–water partition coefficient (Wildman–Crippen LogP) is 3.81. The Bertz CT molecular complexity index is 1110. The molecular weight excluding hydrogens is 357 g/mol. The number of benzene rings is 2. The summed E-state index contributed by atoms with van der Waals surface area (Å²) < 4.78 is 13.3. The lowest BCUT2D eigenvalue weighted by molar-refractivity contribution is -0.121. The number of amides is 2. The van der Waals surface area contributed by atoms with Crippen molar-refractivity contribution >= 4 is 28.4 Å². The van der Waals surface area contributed by atoms with Crippen LogP contribution in [0.25, 0.3) is 10.9 Å². The van der Waals surface area contributed by atoms with Crippen molar-refractivity contribution in [3.63, 3.8) is 0 Å². The second-order valence-corrected chi connectivity index (χ2v) is 6.74. The summed E-state index contributed by atoms with van der Waals surface area (Å²) in [5.41, 5.74) is 3.60. The van der Waals surface area contributed by atoms with Crippen LogP contribution in [0, 0.1) is 12.7 Å². The van der Waals surface area contributed by atoms with Gasteiger partial charge in [-0.2, -0.15) is 0 Å². The molecule has 140 valence electrons. The molecule has 2 aromatic carbocycles. The first-order chi connectivity index (χ1) is 13.5. The number of halogens is 1. The van der Waals surface area contributed by atoms with E-state index in [0.29, 0.717) is 11.3 Å². The Hall–Kier alpha value is -3.54. The Labute approximate surface area is 161 Å². The van der Waals surface area contributed by atoms with E-state index >= 15 is 0 Å². The molecule has 0 bridgehead atoms. The van der Waals surface area contributed by atoms with Gasteiger partial charge in [0.25, 0.3) is 5.91 Å². The number of pyridine rings is 1.